The predicted molar refractivity (Wildman–Crippen MR) is 66.6 cm³/mol. The van der Waals surface area contributed by atoms with E-state index in [4.69, 9.17) is 4.74 Å². The second-order valence-corrected chi connectivity index (χ2v) is 4.58. The molecule has 0 aliphatic carbocycles. The van der Waals surface area contributed by atoms with Gasteiger partial charge in [-0.05, 0) is 24.4 Å². The summed E-state index contributed by atoms with van der Waals surface area (Å²) in [5.74, 6) is 0. The Balaban J connectivity index is 1.81. The van der Waals surface area contributed by atoms with Crippen LogP contribution in [0.2, 0.25) is 0 Å². The molecule has 2 nitrogen and oxygen atoms in total. The van der Waals surface area contributed by atoms with Crippen molar-refractivity contribution in [3.63, 3.8) is 0 Å². The number of nitrogens with one attached hydrogen (secondary N) is 1. The lowest BCUT2D eigenvalue weighted by Crippen LogP contribution is -2.21. The van der Waals surface area contributed by atoms with Gasteiger partial charge < -0.3 is 10.1 Å². The van der Waals surface area contributed by atoms with E-state index in [1.807, 2.05) is 0 Å². The van der Waals surface area contributed by atoms with Crippen LogP contribution in [-0.4, -0.2) is 26.3 Å². The highest BCUT2D eigenvalue weighted by atomic mass is 32.1. The van der Waals surface area contributed by atoms with E-state index in [0.29, 0.717) is 0 Å². The van der Waals surface area contributed by atoms with E-state index in [2.05, 4.69) is 29.8 Å². The van der Waals surface area contributed by atoms with Gasteiger partial charge in [-0.25, -0.2) is 0 Å². The summed E-state index contributed by atoms with van der Waals surface area (Å²) in [5.41, 5.74) is 0. The molecule has 0 bridgehead atoms. The van der Waals surface area contributed by atoms with Crippen molar-refractivity contribution < 1.29 is 4.74 Å². The van der Waals surface area contributed by atoms with Crippen LogP contribution in [0.15, 0.2) is 17.5 Å². The van der Waals surface area contributed by atoms with Crippen LogP contribution in [0, 0.1) is 0 Å². The number of hydrogen-bond donors (Lipinski definition) is 1. The van der Waals surface area contributed by atoms with Crippen LogP contribution >= 0.6 is 11.3 Å². The molecule has 0 fully saturated rings. The van der Waals surface area contributed by atoms with Gasteiger partial charge in [-0.3, -0.25) is 0 Å². The zero-order valence-corrected chi connectivity index (χ0v) is 10.3. The monoisotopic (exact) mass is 227 g/mol. The molecular weight excluding hydrogens is 206 g/mol. The Hall–Kier alpha value is -0.380. The molecule has 86 valence electrons. The van der Waals surface area contributed by atoms with Crippen LogP contribution in [0.25, 0.3) is 0 Å². The summed E-state index contributed by atoms with van der Waals surface area (Å²) in [5, 5.41) is 5.47. The highest BCUT2D eigenvalue weighted by Gasteiger charge is 1.93. The molecule has 0 radical (unpaired) electrons. The molecule has 0 aromatic carbocycles. The third kappa shape index (κ3) is 6.66. The fraction of sp³-hybridized carbons (Fsp3) is 0.667. The van der Waals surface area contributed by atoms with Crippen molar-refractivity contribution in [2.24, 2.45) is 0 Å². The molecule has 0 aliphatic rings. The second-order valence-electron chi connectivity index (χ2n) is 3.55. The molecule has 0 saturated carbocycles. The molecule has 0 atom stereocenters. The Morgan fingerprint density at radius 1 is 1.33 bits per heavy atom. The average Bonchev–Trinajstić information content (AvgIpc) is 2.75. The van der Waals surface area contributed by atoms with E-state index in [0.717, 1.165) is 32.7 Å². The Bertz CT molecular complexity index is 224. The van der Waals surface area contributed by atoms with Crippen molar-refractivity contribution >= 4 is 11.3 Å². The Kier molecular flexibility index (Phi) is 7.52. The highest BCUT2D eigenvalue weighted by molar-refractivity contribution is 7.09. The number of rotatable bonds is 9. The van der Waals surface area contributed by atoms with Crippen molar-refractivity contribution in [1.82, 2.24) is 5.32 Å². The molecule has 0 amide bonds. The Morgan fingerprint density at radius 3 is 3.00 bits per heavy atom. The number of ether oxygens (including phenoxy) is 1. The van der Waals surface area contributed by atoms with Crippen molar-refractivity contribution in [3.8, 4) is 0 Å². The van der Waals surface area contributed by atoms with Crippen molar-refractivity contribution in [2.75, 3.05) is 26.3 Å². The fourth-order valence-electron chi connectivity index (χ4n) is 1.30. The minimum Gasteiger partial charge on any atom is -0.380 e. The zero-order chi connectivity index (χ0) is 10.8. The van der Waals surface area contributed by atoms with Gasteiger partial charge in [0.2, 0.25) is 0 Å². The van der Waals surface area contributed by atoms with Crippen LogP contribution in [0.1, 0.15) is 24.6 Å². The summed E-state index contributed by atoms with van der Waals surface area (Å²) >= 11 is 1.80. The van der Waals surface area contributed by atoms with Gasteiger partial charge >= 0.3 is 0 Å². The summed E-state index contributed by atoms with van der Waals surface area (Å²) in [7, 11) is 0. The minimum atomic E-state index is 0.828. The molecule has 0 aliphatic heterocycles. The van der Waals surface area contributed by atoms with Crippen LogP contribution in [0.3, 0.4) is 0 Å². The highest BCUT2D eigenvalue weighted by Crippen LogP contribution is 2.08. The molecule has 0 spiro atoms. The van der Waals surface area contributed by atoms with Crippen molar-refractivity contribution in [1.29, 1.82) is 0 Å². The maximum absolute atomic E-state index is 5.53. The summed E-state index contributed by atoms with van der Waals surface area (Å²) in [6, 6.07) is 4.25. The summed E-state index contributed by atoms with van der Waals surface area (Å²) in [6.45, 7) is 5.97. The lowest BCUT2D eigenvalue weighted by molar-refractivity contribution is 0.139. The quantitative estimate of drug-likeness (QED) is 0.655. The minimum absolute atomic E-state index is 0.828. The molecular formula is C12H21NOS. The maximum Gasteiger partial charge on any atom is 0.0591 e. The molecule has 15 heavy (non-hydrogen) atoms. The Morgan fingerprint density at radius 2 is 2.27 bits per heavy atom. The molecule has 1 rings (SSSR count). The summed E-state index contributed by atoms with van der Waals surface area (Å²) in [4.78, 5) is 1.41. The van der Waals surface area contributed by atoms with Crippen LogP contribution in [-0.2, 0) is 11.2 Å². The molecule has 0 unspecified atom stereocenters. The van der Waals surface area contributed by atoms with Crippen LogP contribution in [0.5, 0.6) is 0 Å². The largest absolute Gasteiger partial charge is 0.380 e. The van der Waals surface area contributed by atoms with E-state index >= 15 is 0 Å². The fourth-order valence-corrected chi connectivity index (χ4v) is 1.99. The number of unbranched alkanes of at least 4 members (excludes halogenated alkanes) is 1. The molecule has 1 aromatic rings. The first kappa shape index (κ1) is 12.7. The van der Waals surface area contributed by atoms with Gasteiger partial charge in [-0.2, -0.15) is 0 Å². The normalized spacial score (nSPS) is 10.7. The number of hydrogen-bond acceptors (Lipinski definition) is 3. The van der Waals surface area contributed by atoms with Crippen molar-refractivity contribution in [3.05, 3.63) is 22.4 Å². The Labute approximate surface area is 96.7 Å². The van der Waals surface area contributed by atoms with E-state index in [9.17, 15) is 0 Å². The van der Waals surface area contributed by atoms with Gasteiger partial charge in [0.05, 0.1) is 13.2 Å². The van der Waals surface area contributed by atoms with Crippen LogP contribution < -0.4 is 5.32 Å². The smallest absolute Gasteiger partial charge is 0.0591 e. The van der Waals surface area contributed by atoms with Gasteiger partial charge in [-0.1, -0.05) is 19.4 Å². The van der Waals surface area contributed by atoms with E-state index in [1.54, 1.807) is 11.3 Å². The number of thiophene rings is 1. The molecule has 0 saturated heterocycles. The molecule has 1 heterocycles. The molecule has 3 heteroatoms. The predicted octanol–water partition coefficient (Wildman–Crippen LogP) is 2.70. The van der Waals surface area contributed by atoms with Gasteiger partial charge in [0.15, 0.2) is 0 Å². The SMILES string of the molecule is CCCCNCCOCCc1cccs1. The van der Waals surface area contributed by atoms with Gasteiger partial charge in [-0.15, -0.1) is 11.3 Å². The van der Waals surface area contributed by atoms with Gasteiger partial charge in [0.25, 0.3) is 0 Å². The summed E-state index contributed by atoms with van der Waals surface area (Å²) in [6.07, 6.45) is 3.56. The van der Waals surface area contributed by atoms with Crippen molar-refractivity contribution in [2.45, 2.75) is 26.2 Å². The van der Waals surface area contributed by atoms with Crippen LogP contribution in [0.4, 0.5) is 0 Å². The van der Waals surface area contributed by atoms with Gasteiger partial charge in [0, 0.05) is 17.8 Å². The standard InChI is InChI=1S/C12H21NOS/c1-2-3-7-13-8-10-14-9-6-12-5-4-11-15-12/h4-5,11,13H,2-3,6-10H2,1H3. The van der Waals surface area contributed by atoms with E-state index in [-0.39, 0.29) is 0 Å². The maximum atomic E-state index is 5.53. The third-order valence-electron chi connectivity index (χ3n) is 2.20. The first-order valence-electron chi connectivity index (χ1n) is 5.74. The van der Waals surface area contributed by atoms with E-state index < -0.39 is 0 Å². The topological polar surface area (TPSA) is 21.3 Å². The average molecular weight is 227 g/mol. The third-order valence-corrected chi connectivity index (χ3v) is 3.14. The lowest BCUT2D eigenvalue weighted by Gasteiger charge is -2.04. The molecule has 1 N–H and O–H groups in total. The zero-order valence-electron chi connectivity index (χ0n) is 9.50. The van der Waals surface area contributed by atoms with E-state index in [1.165, 1.54) is 17.7 Å². The summed E-state index contributed by atoms with van der Waals surface area (Å²) < 4.78 is 5.53. The first-order valence-corrected chi connectivity index (χ1v) is 6.62. The van der Waals surface area contributed by atoms with Gasteiger partial charge in [0.1, 0.15) is 0 Å². The molecule has 1 aromatic heterocycles. The second kappa shape index (κ2) is 8.89. The lowest BCUT2D eigenvalue weighted by atomic mass is 10.3. The first-order chi connectivity index (χ1) is 7.43.